The topological polar surface area (TPSA) is 47.7 Å². The van der Waals surface area contributed by atoms with Gasteiger partial charge in [0.15, 0.2) is 11.5 Å². The van der Waals surface area contributed by atoms with Gasteiger partial charge in [0.1, 0.15) is 0 Å². The van der Waals surface area contributed by atoms with Gasteiger partial charge in [-0.15, -0.1) is 0 Å². The van der Waals surface area contributed by atoms with Crippen LogP contribution in [-0.2, 0) is 13.1 Å². The minimum absolute atomic E-state index is 0.657. The molecule has 4 nitrogen and oxygen atoms in total. The molecule has 2 rings (SSSR count). The summed E-state index contributed by atoms with van der Waals surface area (Å²) in [5.41, 5.74) is 9.13. The lowest BCUT2D eigenvalue weighted by molar-refractivity contribution is 0.317. The van der Waals surface area contributed by atoms with Crippen LogP contribution < -0.4 is 15.2 Å². The van der Waals surface area contributed by atoms with E-state index in [9.17, 15) is 0 Å². The molecule has 0 amide bonds. The van der Waals surface area contributed by atoms with E-state index in [2.05, 4.69) is 24.1 Å². The summed E-state index contributed by atoms with van der Waals surface area (Å²) in [5, 5.41) is 0. The van der Waals surface area contributed by atoms with Gasteiger partial charge in [-0.25, -0.2) is 0 Å². The number of ether oxygens (including phenoxy) is 2. The summed E-state index contributed by atoms with van der Waals surface area (Å²) >= 11 is 0. The predicted octanol–water partition coefficient (Wildman–Crippen LogP) is 2.92. The Balaban J connectivity index is 2.11. The van der Waals surface area contributed by atoms with Gasteiger partial charge >= 0.3 is 0 Å². The van der Waals surface area contributed by atoms with Crippen molar-refractivity contribution in [1.82, 2.24) is 4.90 Å². The molecule has 112 valence electrons. The van der Waals surface area contributed by atoms with Crippen molar-refractivity contribution in [3.8, 4) is 11.5 Å². The van der Waals surface area contributed by atoms with Crippen LogP contribution in [0.4, 0.5) is 5.69 Å². The van der Waals surface area contributed by atoms with Crippen LogP contribution in [0.25, 0.3) is 0 Å². The summed E-state index contributed by atoms with van der Waals surface area (Å²) in [6.45, 7) is 1.62. The highest BCUT2D eigenvalue weighted by atomic mass is 16.5. The molecular formula is C17H22N2O2. The summed E-state index contributed by atoms with van der Waals surface area (Å²) in [4.78, 5) is 2.22. The molecule has 2 aromatic carbocycles. The second-order valence-electron chi connectivity index (χ2n) is 5.06. The van der Waals surface area contributed by atoms with E-state index < -0.39 is 0 Å². The highest BCUT2D eigenvalue weighted by Crippen LogP contribution is 2.32. The van der Waals surface area contributed by atoms with Crippen LogP contribution >= 0.6 is 0 Å². The molecule has 0 saturated carbocycles. The van der Waals surface area contributed by atoms with Crippen LogP contribution in [0, 0.1) is 0 Å². The Hall–Kier alpha value is -2.20. The Kier molecular flexibility index (Phi) is 5.06. The second kappa shape index (κ2) is 6.99. The van der Waals surface area contributed by atoms with E-state index in [-0.39, 0.29) is 0 Å². The van der Waals surface area contributed by atoms with Crippen molar-refractivity contribution in [2.75, 3.05) is 27.0 Å². The molecule has 0 radical (unpaired) electrons. The Morgan fingerprint density at radius 1 is 0.952 bits per heavy atom. The third-order valence-corrected chi connectivity index (χ3v) is 3.38. The lowest BCUT2D eigenvalue weighted by Gasteiger charge is -2.19. The minimum atomic E-state index is 0.657. The fourth-order valence-corrected chi connectivity index (χ4v) is 2.32. The molecule has 4 heteroatoms. The van der Waals surface area contributed by atoms with E-state index in [0.29, 0.717) is 17.2 Å². The molecule has 0 aromatic heterocycles. The number of nitrogen functional groups attached to an aromatic ring is 1. The zero-order valence-electron chi connectivity index (χ0n) is 12.8. The molecule has 0 unspecified atom stereocenters. The molecule has 0 aliphatic rings. The Morgan fingerprint density at radius 3 is 2.19 bits per heavy atom. The van der Waals surface area contributed by atoms with Crippen LogP contribution in [0.5, 0.6) is 11.5 Å². The van der Waals surface area contributed by atoms with Crippen molar-refractivity contribution in [1.29, 1.82) is 0 Å². The van der Waals surface area contributed by atoms with Gasteiger partial charge in [-0.2, -0.15) is 0 Å². The van der Waals surface area contributed by atoms with Gasteiger partial charge in [-0.3, -0.25) is 4.90 Å². The van der Waals surface area contributed by atoms with Gasteiger partial charge in [-0.1, -0.05) is 30.3 Å². The largest absolute Gasteiger partial charge is 0.493 e. The second-order valence-corrected chi connectivity index (χ2v) is 5.06. The van der Waals surface area contributed by atoms with Gasteiger partial charge < -0.3 is 15.2 Å². The zero-order chi connectivity index (χ0) is 15.2. The Labute approximate surface area is 126 Å². The van der Waals surface area contributed by atoms with Gasteiger partial charge in [0.25, 0.3) is 0 Å². The summed E-state index contributed by atoms with van der Waals surface area (Å²) in [6, 6.07) is 14.1. The Bertz CT molecular complexity index is 585. The van der Waals surface area contributed by atoms with E-state index >= 15 is 0 Å². The fourth-order valence-electron chi connectivity index (χ4n) is 2.32. The maximum atomic E-state index is 6.10. The van der Waals surface area contributed by atoms with Crippen molar-refractivity contribution in [3.63, 3.8) is 0 Å². The molecule has 0 fully saturated rings. The van der Waals surface area contributed by atoms with Crippen molar-refractivity contribution in [2.45, 2.75) is 13.1 Å². The number of benzene rings is 2. The minimum Gasteiger partial charge on any atom is -0.493 e. The maximum Gasteiger partial charge on any atom is 0.162 e. The average Bonchev–Trinajstić information content (AvgIpc) is 2.49. The van der Waals surface area contributed by atoms with Crippen molar-refractivity contribution >= 4 is 5.69 Å². The highest BCUT2D eigenvalue weighted by Gasteiger charge is 2.11. The molecule has 21 heavy (non-hydrogen) atoms. The van der Waals surface area contributed by atoms with E-state index in [1.54, 1.807) is 14.2 Å². The molecule has 0 saturated heterocycles. The van der Waals surface area contributed by atoms with Crippen molar-refractivity contribution in [2.24, 2.45) is 0 Å². The van der Waals surface area contributed by atoms with Crippen LogP contribution in [-0.4, -0.2) is 26.2 Å². The molecule has 0 heterocycles. The number of nitrogens with zero attached hydrogens (tertiary/aromatic N) is 1. The van der Waals surface area contributed by atoms with Crippen LogP contribution in [0.15, 0.2) is 42.5 Å². The van der Waals surface area contributed by atoms with Crippen molar-refractivity contribution < 1.29 is 9.47 Å². The van der Waals surface area contributed by atoms with Crippen LogP contribution in [0.1, 0.15) is 11.1 Å². The lowest BCUT2D eigenvalue weighted by atomic mass is 10.1. The van der Waals surface area contributed by atoms with Crippen LogP contribution in [0.2, 0.25) is 0 Å². The molecule has 0 spiro atoms. The molecule has 0 atom stereocenters. The van der Waals surface area contributed by atoms with E-state index in [1.807, 2.05) is 30.3 Å². The molecular weight excluding hydrogens is 264 g/mol. The number of hydrogen-bond donors (Lipinski definition) is 1. The average molecular weight is 286 g/mol. The van der Waals surface area contributed by atoms with E-state index in [1.165, 1.54) is 5.56 Å². The monoisotopic (exact) mass is 286 g/mol. The quantitative estimate of drug-likeness (QED) is 0.829. The predicted molar refractivity (Wildman–Crippen MR) is 85.6 cm³/mol. The first-order valence-corrected chi connectivity index (χ1v) is 6.87. The van der Waals surface area contributed by atoms with Gasteiger partial charge in [0, 0.05) is 24.8 Å². The lowest BCUT2D eigenvalue weighted by Crippen LogP contribution is -2.18. The first-order valence-electron chi connectivity index (χ1n) is 6.87. The number of rotatable bonds is 6. The van der Waals surface area contributed by atoms with Gasteiger partial charge in [0.05, 0.1) is 14.2 Å². The Morgan fingerprint density at radius 2 is 1.57 bits per heavy atom. The maximum absolute atomic E-state index is 6.10. The number of hydrogen-bond acceptors (Lipinski definition) is 4. The molecule has 0 aliphatic heterocycles. The van der Waals surface area contributed by atoms with E-state index in [0.717, 1.165) is 18.7 Å². The van der Waals surface area contributed by atoms with Gasteiger partial charge in [-0.05, 0) is 24.2 Å². The fraction of sp³-hybridized carbons (Fsp3) is 0.294. The molecule has 0 bridgehead atoms. The molecule has 0 aliphatic carbocycles. The normalized spacial score (nSPS) is 10.7. The number of nitrogens with two attached hydrogens (primary N) is 1. The first-order chi connectivity index (χ1) is 10.1. The van der Waals surface area contributed by atoms with Gasteiger partial charge in [0.2, 0.25) is 0 Å². The van der Waals surface area contributed by atoms with Crippen LogP contribution in [0.3, 0.4) is 0 Å². The third kappa shape index (κ3) is 3.89. The zero-order valence-corrected chi connectivity index (χ0v) is 12.8. The molecule has 2 aromatic rings. The summed E-state index contributed by atoms with van der Waals surface area (Å²) < 4.78 is 10.6. The smallest absolute Gasteiger partial charge is 0.162 e. The summed E-state index contributed by atoms with van der Waals surface area (Å²) in [5.74, 6) is 1.36. The number of anilines is 1. The standard InChI is InChI=1S/C17H22N2O2/c1-19(11-13-7-5-4-6-8-13)12-14-9-16(20-2)17(21-3)10-15(14)18/h4-10H,11-12,18H2,1-3H3. The molecule has 2 N–H and O–H groups in total. The van der Waals surface area contributed by atoms with Crippen molar-refractivity contribution in [3.05, 3.63) is 53.6 Å². The SMILES string of the molecule is COc1cc(N)c(CN(C)Cc2ccccc2)cc1OC. The van der Waals surface area contributed by atoms with E-state index in [4.69, 9.17) is 15.2 Å². The number of methoxy groups -OCH3 is 2. The summed E-state index contributed by atoms with van der Waals surface area (Å²) in [6.07, 6.45) is 0. The first kappa shape index (κ1) is 15.2. The highest BCUT2D eigenvalue weighted by molar-refractivity contribution is 5.57. The summed E-state index contributed by atoms with van der Waals surface area (Å²) in [7, 11) is 5.31. The third-order valence-electron chi connectivity index (χ3n) is 3.38.